The zero-order valence-corrected chi connectivity index (χ0v) is 50.1. The summed E-state index contributed by atoms with van der Waals surface area (Å²) in [5.74, 6) is -0.863. The van der Waals surface area contributed by atoms with Crippen molar-refractivity contribution < 1.29 is 28.6 Å². The van der Waals surface area contributed by atoms with Gasteiger partial charge in [0, 0.05) is 19.3 Å². The Morgan fingerprint density at radius 1 is 0.280 bits per heavy atom. The smallest absolute Gasteiger partial charge is 0.306 e. The van der Waals surface area contributed by atoms with Crippen LogP contribution in [0.25, 0.3) is 0 Å². The summed E-state index contributed by atoms with van der Waals surface area (Å²) in [5.41, 5.74) is 0. The van der Waals surface area contributed by atoms with Gasteiger partial charge < -0.3 is 14.2 Å². The summed E-state index contributed by atoms with van der Waals surface area (Å²) in [5, 5.41) is 0. The molecule has 0 amide bonds. The van der Waals surface area contributed by atoms with Crippen LogP contribution in [0.2, 0.25) is 0 Å². The Balaban J connectivity index is 4.36. The van der Waals surface area contributed by atoms with Crippen LogP contribution < -0.4 is 0 Å². The lowest BCUT2D eigenvalue weighted by Gasteiger charge is -2.18. The molecule has 6 nitrogen and oxygen atoms in total. The molecule has 0 aromatic rings. The van der Waals surface area contributed by atoms with Gasteiger partial charge in [-0.2, -0.15) is 0 Å². The van der Waals surface area contributed by atoms with Crippen molar-refractivity contribution in [3.8, 4) is 0 Å². The number of ether oxygens (including phenoxy) is 3. The number of esters is 3. The largest absolute Gasteiger partial charge is 0.462 e. The molecule has 0 bridgehead atoms. The van der Waals surface area contributed by atoms with E-state index >= 15 is 0 Å². The van der Waals surface area contributed by atoms with Gasteiger partial charge in [-0.25, -0.2) is 0 Å². The third kappa shape index (κ3) is 61.8. The number of allylic oxidation sites excluding steroid dienone is 10. The molecule has 0 fully saturated rings. The molecule has 1 unspecified atom stereocenters. The van der Waals surface area contributed by atoms with Gasteiger partial charge in [0.05, 0.1) is 0 Å². The SMILES string of the molecule is CC/C=C\C/C=C\C/C=C\C/C=C\CCCCCCCCCCC(=O)OCC(COC(=O)CCCCCCCCCCCCCCCCCCC)OC(=O)CCCCCCCCCCC/C=C\CCCCCCCC. The van der Waals surface area contributed by atoms with Crippen LogP contribution in [0, 0.1) is 0 Å². The molecule has 0 aliphatic rings. The van der Waals surface area contributed by atoms with Crippen LogP contribution in [0.5, 0.6) is 0 Å². The first kappa shape index (κ1) is 72.1. The summed E-state index contributed by atoms with van der Waals surface area (Å²) in [6, 6.07) is 0. The lowest BCUT2D eigenvalue weighted by atomic mass is 10.0. The summed E-state index contributed by atoms with van der Waals surface area (Å²) in [6.45, 7) is 6.57. The van der Waals surface area contributed by atoms with Crippen molar-refractivity contribution in [3.05, 3.63) is 60.8 Å². The maximum absolute atomic E-state index is 12.9. The van der Waals surface area contributed by atoms with E-state index in [0.717, 1.165) is 89.9 Å². The van der Waals surface area contributed by atoms with Crippen molar-refractivity contribution in [2.75, 3.05) is 13.2 Å². The molecule has 0 radical (unpaired) electrons. The molecule has 75 heavy (non-hydrogen) atoms. The number of hydrogen-bond donors (Lipinski definition) is 0. The molecular formula is C69H124O6. The normalized spacial score (nSPS) is 12.4. The van der Waals surface area contributed by atoms with E-state index in [1.807, 2.05) is 0 Å². The predicted octanol–water partition coefficient (Wildman–Crippen LogP) is 22.3. The van der Waals surface area contributed by atoms with Crippen LogP contribution in [-0.2, 0) is 28.6 Å². The van der Waals surface area contributed by atoms with Gasteiger partial charge in [0.1, 0.15) is 13.2 Å². The quantitative estimate of drug-likeness (QED) is 0.0261. The van der Waals surface area contributed by atoms with E-state index in [4.69, 9.17) is 14.2 Å². The highest BCUT2D eigenvalue weighted by Crippen LogP contribution is 2.17. The zero-order valence-electron chi connectivity index (χ0n) is 50.1. The van der Waals surface area contributed by atoms with Crippen LogP contribution in [-0.4, -0.2) is 37.2 Å². The highest BCUT2D eigenvalue weighted by molar-refractivity contribution is 5.71. The Morgan fingerprint density at radius 3 is 0.827 bits per heavy atom. The van der Waals surface area contributed by atoms with E-state index in [9.17, 15) is 14.4 Å². The second-order valence-electron chi connectivity index (χ2n) is 22.0. The van der Waals surface area contributed by atoms with E-state index in [-0.39, 0.29) is 31.1 Å². The van der Waals surface area contributed by atoms with E-state index in [0.29, 0.717) is 19.3 Å². The summed E-state index contributed by atoms with van der Waals surface area (Å²) in [7, 11) is 0. The van der Waals surface area contributed by atoms with Crippen LogP contribution in [0.3, 0.4) is 0 Å². The standard InChI is InChI=1S/C69H124O6/c1-4-7-10-13-16-19-22-25-28-31-33-34-36-38-41-44-47-50-53-56-59-62-68(71)74-65-66(64-73-67(70)61-58-55-52-49-46-43-40-37-30-27-24-21-18-15-12-9-6-3)75-69(72)63-60-57-54-51-48-45-42-39-35-32-29-26-23-20-17-14-11-8-5-2/h7,10,16,19,25-26,28-29,33-34,66H,4-6,8-9,11-15,17-18,20-24,27,30-32,35-65H2,1-3H3/b10-7-,19-16-,28-25-,29-26-,34-33-. The highest BCUT2D eigenvalue weighted by Gasteiger charge is 2.19. The van der Waals surface area contributed by atoms with Crippen molar-refractivity contribution in [1.29, 1.82) is 0 Å². The molecule has 0 aromatic carbocycles. The minimum atomic E-state index is -0.778. The average Bonchev–Trinajstić information content (AvgIpc) is 3.41. The Bertz CT molecular complexity index is 1340. The fourth-order valence-electron chi connectivity index (χ4n) is 9.61. The van der Waals surface area contributed by atoms with Gasteiger partial charge in [-0.3, -0.25) is 14.4 Å². The molecule has 0 saturated heterocycles. The minimum Gasteiger partial charge on any atom is -0.462 e. The monoisotopic (exact) mass is 1050 g/mol. The summed E-state index contributed by atoms with van der Waals surface area (Å²) < 4.78 is 17.0. The van der Waals surface area contributed by atoms with E-state index < -0.39 is 6.10 Å². The van der Waals surface area contributed by atoms with Crippen molar-refractivity contribution in [2.24, 2.45) is 0 Å². The van der Waals surface area contributed by atoms with Crippen LogP contribution >= 0.6 is 0 Å². The summed E-state index contributed by atoms with van der Waals surface area (Å²) >= 11 is 0. The van der Waals surface area contributed by atoms with Gasteiger partial charge in [0.15, 0.2) is 6.10 Å². The number of hydrogen-bond acceptors (Lipinski definition) is 6. The molecule has 0 N–H and O–H groups in total. The fraction of sp³-hybridized carbons (Fsp3) is 0.812. The molecule has 0 aromatic heterocycles. The molecule has 0 rings (SSSR count). The molecule has 0 saturated carbocycles. The van der Waals surface area contributed by atoms with Crippen LogP contribution in [0.15, 0.2) is 60.8 Å². The van der Waals surface area contributed by atoms with Crippen molar-refractivity contribution in [1.82, 2.24) is 0 Å². The van der Waals surface area contributed by atoms with Crippen molar-refractivity contribution >= 4 is 17.9 Å². The number of carbonyl (C=O) groups is 3. The van der Waals surface area contributed by atoms with Gasteiger partial charge in [0.2, 0.25) is 0 Å². The molecule has 1 atom stereocenters. The summed E-state index contributed by atoms with van der Waals surface area (Å²) in [4.78, 5) is 38.4. The molecule has 0 spiro atoms. The zero-order chi connectivity index (χ0) is 54.3. The molecule has 436 valence electrons. The first-order chi connectivity index (χ1) is 37.0. The Morgan fingerprint density at radius 2 is 0.520 bits per heavy atom. The van der Waals surface area contributed by atoms with Crippen LogP contribution in [0.1, 0.15) is 342 Å². The number of unbranched alkanes of at least 4 members (excludes halogenated alkanes) is 39. The molecule has 0 aliphatic heterocycles. The average molecular weight is 1050 g/mol. The minimum absolute atomic E-state index is 0.0737. The van der Waals surface area contributed by atoms with Crippen LogP contribution in [0.4, 0.5) is 0 Å². The third-order valence-electron chi connectivity index (χ3n) is 14.5. The van der Waals surface area contributed by atoms with Gasteiger partial charge >= 0.3 is 17.9 Å². The van der Waals surface area contributed by atoms with E-state index in [2.05, 4.69) is 81.5 Å². The highest BCUT2D eigenvalue weighted by atomic mass is 16.6. The maximum Gasteiger partial charge on any atom is 0.306 e. The molecule has 0 heterocycles. The molecular weight excluding hydrogens is 925 g/mol. The number of carbonyl (C=O) groups excluding carboxylic acids is 3. The first-order valence-corrected chi connectivity index (χ1v) is 32.8. The molecule has 0 aliphatic carbocycles. The van der Waals surface area contributed by atoms with Gasteiger partial charge in [-0.1, -0.05) is 300 Å². The summed E-state index contributed by atoms with van der Waals surface area (Å²) in [6.07, 6.45) is 80.8. The van der Waals surface area contributed by atoms with Crippen molar-refractivity contribution in [3.63, 3.8) is 0 Å². The van der Waals surface area contributed by atoms with Gasteiger partial charge in [-0.05, 0) is 83.5 Å². The number of rotatable bonds is 60. The maximum atomic E-state index is 12.9. The Labute approximate surface area is 466 Å². The van der Waals surface area contributed by atoms with E-state index in [1.54, 1.807) is 0 Å². The lowest BCUT2D eigenvalue weighted by Crippen LogP contribution is -2.30. The fourth-order valence-corrected chi connectivity index (χ4v) is 9.61. The molecule has 6 heteroatoms. The second kappa shape index (κ2) is 63.6. The Hall–Kier alpha value is -2.89. The lowest BCUT2D eigenvalue weighted by molar-refractivity contribution is -0.167. The van der Waals surface area contributed by atoms with E-state index in [1.165, 1.54) is 212 Å². The second-order valence-corrected chi connectivity index (χ2v) is 22.0. The third-order valence-corrected chi connectivity index (χ3v) is 14.5. The van der Waals surface area contributed by atoms with Gasteiger partial charge in [0.25, 0.3) is 0 Å². The first-order valence-electron chi connectivity index (χ1n) is 32.8. The Kier molecular flexibility index (Phi) is 61.2. The van der Waals surface area contributed by atoms with Crippen molar-refractivity contribution in [2.45, 2.75) is 348 Å². The predicted molar refractivity (Wildman–Crippen MR) is 325 cm³/mol. The van der Waals surface area contributed by atoms with Gasteiger partial charge in [-0.15, -0.1) is 0 Å². The topological polar surface area (TPSA) is 78.9 Å².